The van der Waals surface area contributed by atoms with Gasteiger partial charge in [0.1, 0.15) is 0 Å². The van der Waals surface area contributed by atoms with Gasteiger partial charge in [-0.1, -0.05) is 6.07 Å². The maximum Gasteiger partial charge on any atom is 0.272 e. The number of carbonyl (C=O) groups is 1. The number of rotatable bonds is 4. The molecule has 0 radical (unpaired) electrons. The van der Waals surface area contributed by atoms with E-state index in [4.69, 9.17) is 0 Å². The number of nitrogens with one attached hydrogen (secondary N) is 1. The van der Waals surface area contributed by atoms with Crippen molar-refractivity contribution in [1.82, 2.24) is 25.1 Å². The summed E-state index contributed by atoms with van der Waals surface area (Å²) in [4.78, 5) is 21.9. The van der Waals surface area contributed by atoms with Crippen LogP contribution in [0.25, 0.3) is 5.82 Å². The van der Waals surface area contributed by atoms with Crippen molar-refractivity contribution in [2.45, 2.75) is 37.1 Å². The molecule has 140 valence electrons. The van der Waals surface area contributed by atoms with Crippen LogP contribution in [0.2, 0.25) is 0 Å². The van der Waals surface area contributed by atoms with Crippen LogP contribution in [0.15, 0.2) is 43.0 Å². The Balaban J connectivity index is 1.38. The van der Waals surface area contributed by atoms with Crippen LogP contribution in [0.3, 0.4) is 0 Å². The average Bonchev–Trinajstić information content (AvgIpc) is 3.59. The molecule has 28 heavy (non-hydrogen) atoms. The van der Waals surface area contributed by atoms with Crippen LogP contribution < -0.4 is 10.0 Å². The minimum Gasteiger partial charge on any atom is -0.619 e. The van der Waals surface area contributed by atoms with Crippen molar-refractivity contribution >= 4 is 5.91 Å². The summed E-state index contributed by atoms with van der Waals surface area (Å²) in [7, 11) is 0. The molecule has 0 unspecified atom stereocenters. The Hall–Kier alpha value is -3.29. The fraction of sp³-hybridized carbons (Fsp3) is 0.350. The second-order valence-corrected chi connectivity index (χ2v) is 7.96. The van der Waals surface area contributed by atoms with E-state index in [1.807, 2.05) is 18.2 Å². The number of pyridine rings is 1. The molecular weight excluding hydrogens is 356 g/mol. The van der Waals surface area contributed by atoms with E-state index in [0.717, 1.165) is 42.6 Å². The molecule has 0 spiro atoms. The van der Waals surface area contributed by atoms with E-state index in [9.17, 15) is 10.0 Å². The number of nitrogens with zero attached hydrogens (tertiary/aromatic N) is 5. The minimum absolute atomic E-state index is 0.176. The number of aromatic nitrogens is 5. The van der Waals surface area contributed by atoms with Gasteiger partial charge < -0.3 is 10.5 Å². The molecule has 0 aromatic carbocycles. The molecule has 2 fully saturated rings. The first-order valence-electron chi connectivity index (χ1n) is 9.56. The third-order valence-corrected chi connectivity index (χ3v) is 6.12. The van der Waals surface area contributed by atoms with Crippen LogP contribution in [0.5, 0.6) is 0 Å². The Labute approximate surface area is 160 Å². The quantitative estimate of drug-likeness (QED) is 0.549. The molecule has 3 aliphatic rings. The number of hydrogen-bond acceptors (Lipinski definition) is 5. The lowest BCUT2D eigenvalue weighted by molar-refractivity contribution is -0.605. The van der Waals surface area contributed by atoms with Gasteiger partial charge in [-0.05, 0) is 43.7 Å². The first-order chi connectivity index (χ1) is 13.6. The molecular formula is C20H18N6O2. The van der Waals surface area contributed by atoms with Gasteiger partial charge in [-0.3, -0.25) is 9.78 Å². The lowest BCUT2D eigenvalue weighted by Gasteiger charge is -2.16. The zero-order chi connectivity index (χ0) is 18.9. The molecule has 1 N–H and O–H groups in total. The van der Waals surface area contributed by atoms with Crippen molar-refractivity contribution in [2.75, 3.05) is 0 Å². The highest BCUT2D eigenvalue weighted by Gasteiger charge is 2.52. The fourth-order valence-corrected chi connectivity index (χ4v) is 4.44. The Kier molecular flexibility index (Phi) is 3.02. The van der Waals surface area contributed by atoms with Gasteiger partial charge >= 0.3 is 0 Å². The zero-order valence-electron chi connectivity index (χ0n) is 15.1. The Morgan fingerprint density at radius 3 is 2.93 bits per heavy atom. The van der Waals surface area contributed by atoms with E-state index in [1.165, 1.54) is 18.6 Å². The Morgan fingerprint density at radius 2 is 2.18 bits per heavy atom. The average molecular weight is 374 g/mol. The van der Waals surface area contributed by atoms with E-state index in [1.54, 1.807) is 10.9 Å². The molecule has 3 aromatic heterocycles. The van der Waals surface area contributed by atoms with Crippen LogP contribution in [0.4, 0.5) is 0 Å². The molecule has 8 nitrogen and oxygen atoms in total. The third kappa shape index (κ3) is 2.27. The van der Waals surface area contributed by atoms with Gasteiger partial charge in [0.2, 0.25) is 12.0 Å². The lowest BCUT2D eigenvalue weighted by atomic mass is 10.1. The summed E-state index contributed by atoms with van der Waals surface area (Å²) in [6, 6.07) is 5.76. The van der Waals surface area contributed by atoms with Crippen LogP contribution >= 0.6 is 0 Å². The van der Waals surface area contributed by atoms with Crippen molar-refractivity contribution in [1.29, 1.82) is 0 Å². The minimum atomic E-state index is -0.389. The van der Waals surface area contributed by atoms with Crippen LogP contribution in [-0.2, 0) is 12.0 Å². The largest absolute Gasteiger partial charge is 0.619 e. The SMILES string of the molecule is O=C(NC1(c2ccccn2)CC1)c1nn(-c2c[n+]([O-])ccn2)c2c1C[C@@H]1C[C@H]21. The second kappa shape index (κ2) is 5.37. The first kappa shape index (κ1) is 15.7. The van der Waals surface area contributed by atoms with Gasteiger partial charge in [-0.2, -0.15) is 9.83 Å². The van der Waals surface area contributed by atoms with Gasteiger partial charge in [0.25, 0.3) is 5.91 Å². The second-order valence-electron chi connectivity index (χ2n) is 7.96. The molecule has 2 saturated carbocycles. The van der Waals surface area contributed by atoms with Crippen molar-refractivity contribution < 1.29 is 9.52 Å². The van der Waals surface area contributed by atoms with Crippen LogP contribution in [0.1, 0.15) is 52.6 Å². The van der Waals surface area contributed by atoms with Crippen molar-refractivity contribution in [3.05, 3.63) is 70.8 Å². The predicted octanol–water partition coefficient (Wildman–Crippen LogP) is 1.37. The number of carbonyl (C=O) groups excluding carboxylic acids is 1. The molecule has 2 atom stereocenters. The van der Waals surface area contributed by atoms with E-state index in [0.29, 0.717) is 28.1 Å². The Bertz CT molecular complexity index is 1110. The van der Waals surface area contributed by atoms with E-state index in [-0.39, 0.29) is 11.4 Å². The summed E-state index contributed by atoms with van der Waals surface area (Å²) in [5.41, 5.74) is 2.99. The highest BCUT2D eigenvalue weighted by molar-refractivity contribution is 5.95. The predicted molar refractivity (Wildman–Crippen MR) is 97.5 cm³/mol. The van der Waals surface area contributed by atoms with Gasteiger partial charge in [-0.25, -0.2) is 9.67 Å². The van der Waals surface area contributed by atoms with Crippen LogP contribution in [-0.4, -0.2) is 25.7 Å². The molecule has 8 heteroatoms. The van der Waals surface area contributed by atoms with Gasteiger partial charge in [-0.15, -0.1) is 0 Å². The lowest BCUT2D eigenvalue weighted by Crippen LogP contribution is -2.36. The van der Waals surface area contributed by atoms with Gasteiger partial charge in [0, 0.05) is 17.7 Å². The van der Waals surface area contributed by atoms with Crippen molar-refractivity contribution in [3.63, 3.8) is 0 Å². The summed E-state index contributed by atoms with van der Waals surface area (Å²) in [5, 5.41) is 19.5. The van der Waals surface area contributed by atoms with Crippen molar-refractivity contribution in [2.24, 2.45) is 5.92 Å². The smallest absolute Gasteiger partial charge is 0.272 e. The molecule has 6 rings (SSSR count). The summed E-state index contributed by atoms with van der Waals surface area (Å²) in [6.45, 7) is 0. The Morgan fingerprint density at radius 1 is 1.29 bits per heavy atom. The number of fused-ring (bicyclic) bond motifs is 3. The maximum atomic E-state index is 13.2. The third-order valence-electron chi connectivity index (χ3n) is 6.12. The summed E-state index contributed by atoms with van der Waals surface area (Å²) in [6.07, 6.45) is 9.66. The number of amides is 1. The van der Waals surface area contributed by atoms with Crippen molar-refractivity contribution in [3.8, 4) is 5.82 Å². The van der Waals surface area contributed by atoms with Crippen LogP contribution in [0, 0.1) is 11.1 Å². The molecule has 1 amide bonds. The molecule has 3 aliphatic carbocycles. The standard InChI is InChI=1S/C20H18N6O2/c27-19(23-20(4-5-20)15-3-1-2-6-21-15)17-14-10-12-9-13(12)18(14)26(24-17)16-11-25(28)8-7-22-16/h1-3,6-8,11-13H,4-5,9-10H2,(H,23,27)/t12-,13-/m0/s1. The molecule has 0 saturated heterocycles. The zero-order valence-corrected chi connectivity index (χ0v) is 15.1. The van der Waals surface area contributed by atoms with Gasteiger partial charge in [0.15, 0.2) is 11.9 Å². The topological polar surface area (TPSA) is 99.6 Å². The van der Waals surface area contributed by atoms with Gasteiger partial charge in [0.05, 0.1) is 23.1 Å². The first-order valence-corrected chi connectivity index (χ1v) is 9.56. The molecule has 0 bridgehead atoms. The highest BCUT2D eigenvalue weighted by Crippen LogP contribution is 2.57. The molecule has 3 heterocycles. The molecule has 3 aromatic rings. The normalized spacial score (nSPS) is 23.0. The summed E-state index contributed by atoms with van der Waals surface area (Å²) >= 11 is 0. The molecule has 0 aliphatic heterocycles. The fourth-order valence-electron chi connectivity index (χ4n) is 4.44. The van der Waals surface area contributed by atoms with E-state index in [2.05, 4.69) is 20.4 Å². The summed E-state index contributed by atoms with van der Waals surface area (Å²) < 4.78 is 2.40. The van der Waals surface area contributed by atoms with E-state index < -0.39 is 0 Å². The highest BCUT2D eigenvalue weighted by atomic mass is 16.5. The number of hydrogen-bond donors (Lipinski definition) is 1. The van der Waals surface area contributed by atoms with E-state index >= 15 is 0 Å². The monoisotopic (exact) mass is 374 g/mol. The summed E-state index contributed by atoms with van der Waals surface area (Å²) in [5.74, 6) is 1.27. The maximum absolute atomic E-state index is 13.2.